The van der Waals surface area contributed by atoms with Crippen LogP contribution in [-0.2, 0) is 16.1 Å². The highest BCUT2D eigenvalue weighted by Gasteiger charge is 2.32. The molecule has 3 heterocycles. The third-order valence-corrected chi connectivity index (χ3v) is 6.53. The number of nitrogens with zero attached hydrogens (tertiary/aromatic N) is 3. The number of nitrogens with one attached hydrogen (secondary N) is 1. The van der Waals surface area contributed by atoms with Crippen LogP contribution in [0.5, 0.6) is 0 Å². The molecule has 1 aliphatic rings. The Bertz CT molecular complexity index is 1300. The zero-order valence-electron chi connectivity index (χ0n) is 18.6. The molecule has 0 atom stereocenters. The molecule has 1 amide bonds. The summed E-state index contributed by atoms with van der Waals surface area (Å²) in [4.78, 5) is 32.9. The number of anilines is 1. The van der Waals surface area contributed by atoms with Gasteiger partial charge in [-0.25, -0.2) is 4.98 Å². The summed E-state index contributed by atoms with van der Waals surface area (Å²) in [5.41, 5.74) is 2.56. The fourth-order valence-electron chi connectivity index (χ4n) is 3.42. The highest BCUT2D eigenvalue weighted by molar-refractivity contribution is 8.26. The molecule has 0 radical (unpaired) electrons. The molecule has 0 aliphatic carbocycles. The van der Waals surface area contributed by atoms with Crippen LogP contribution < -0.4 is 10.9 Å². The predicted octanol–water partition coefficient (Wildman–Crippen LogP) is 2.83. The molecule has 3 aromatic rings. The number of thioether (sulfide) groups is 1. The summed E-state index contributed by atoms with van der Waals surface area (Å²) < 4.78 is 7.16. The van der Waals surface area contributed by atoms with E-state index in [0.717, 1.165) is 11.1 Å². The molecule has 2 aromatic heterocycles. The molecule has 1 aliphatic heterocycles. The smallest absolute Gasteiger partial charge is 0.267 e. The van der Waals surface area contributed by atoms with Crippen molar-refractivity contribution in [3.63, 3.8) is 0 Å². The number of thiocarbonyl (C=S) groups is 1. The Hall–Kier alpha value is -3.05. The van der Waals surface area contributed by atoms with Gasteiger partial charge in [-0.3, -0.25) is 18.9 Å². The summed E-state index contributed by atoms with van der Waals surface area (Å²) in [5.74, 6) is 0.109. The Kier molecular flexibility index (Phi) is 7.73. The first-order valence-electron chi connectivity index (χ1n) is 10.7. The van der Waals surface area contributed by atoms with Gasteiger partial charge in [0.05, 0.1) is 36.8 Å². The lowest BCUT2D eigenvalue weighted by atomic mass is 10.1. The standard InChI is InChI=1S/C24H24N4O4S2/c1-16-5-7-17(8-6-16)15-28-23(31)19(34-24(28)33)14-18-21(25-9-12-32-13-11-29)26-20-4-2-3-10-27(20)22(18)30/h2-8,10,14,25,29H,9,11-13,15H2,1H3/b19-14-. The lowest BCUT2D eigenvalue weighted by molar-refractivity contribution is -0.122. The van der Waals surface area contributed by atoms with Crippen LogP contribution >= 0.6 is 24.0 Å². The lowest BCUT2D eigenvalue weighted by Crippen LogP contribution is -2.27. The first kappa shape index (κ1) is 24.1. The van der Waals surface area contributed by atoms with Gasteiger partial charge in [-0.05, 0) is 30.7 Å². The molecule has 10 heteroatoms. The minimum Gasteiger partial charge on any atom is -0.394 e. The van der Waals surface area contributed by atoms with Gasteiger partial charge in [0.15, 0.2) is 0 Å². The van der Waals surface area contributed by atoms with Crippen molar-refractivity contribution in [2.45, 2.75) is 13.5 Å². The normalized spacial score (nSPS) is 15.0. The molecular weight excluding hydrogens is 472 g/mol. The highest BCUT2D eigenvalue weighted by Crippen LogP contribution is 2.34. The number of hydrogen-bond donors (Lipinski definition) is 2. The number of pyridine rings is 1. The number of carbonyl (C=O) groups is 1. The molecule has 0 unspecified atom stereocenters. The van der Waals surface area contributed by atoms with E-state index >= 15 is 0 Å². The first-order valence-corrected chi connectivity index (χ1v) is 11.9. The number of aryl methyl sites for hydroxylation is 1. The number of rotatable bonds is 9. The topological polar surface area (TPSA) is 96.2 Å². The molecule has 0 bridgehead atoms. The Morgan fingerprint density at radius 1 is 1.18 bits per heavy atom. The summed E-state index contributed by atoms with van der Waals surface area (Å²) in [6.07, 6.45) is 3.19. The van der Waals surface area contributed by atoms with Gasteiger partial charge >= 0.3 is 0 Å². The van der Waals surface area contributed by atoms with Crippen LogP contribution in [0.4, 0.5) is 5.82 Å². The van der Waals surface area contributed by atoms with Gasteiger partial charge in [0.1, 0.15) is 15.8 Å². The van der Waals surface area contributed by atoms with Crippen LogP contribution in [0.3, 0.4) is 0 Å². The van der Waals surface area contributed by atoms with E-state index in [1.54, 1.807) is 35.4 Å². The molecular formula is C24H24N4O4S2. The number of aromatic nitrogens is 2. The van der Waals surface area contributed by atoms with Gasteiger partial charge < -0.3 is 15.2 Å². The molecule has 0 saturated carbocycles. The van der Waals surface area contributed by atoms with Crippen molar-refractivity contribution < 1.29 is 14.6 Å². The Labute approximate surface area is 206 Å². The van der Waals surface area contributed by atoms with Crippen molar-refractivity contribution in [1.82, 2.24) is 14.3 Å². The zero-order valence-corrected chi connectivity index (χ0v) is 20.2. The second kappa shape index (κ2) is 10.9. The third kappa shape index (κ3) is 5.36. The number of ether oxygens (including phenoxy) is 1. The third-order valence-electron chi connectivity index (χ3n) is 5.15. The number of benzene rings is 1. The Morgan fingerprint density at radius 2 is 1.97 bits per heavy atom. The van der Waals surface area contributed by atoms with Crippen molar-refractivity contribution in [3.05, 3.63) is 80.6 Å². The molecule has 1 saturated heterocycles. The molecule has 1 aromatic carbocycles. The van der Waals surface area contributed by atoms with E-state index in [-0.39, 0.29) is 30.2 Å². The Morgan fingerprint density at radius 3 is 2.74 bits per heavy atom. The van der Waals surface area contributed by atoms with Crippen LogP contribution in [0.25, 0.3) is 11.7 Å². The number of fused-ring (bicyclic) bond motifs is 1. The summed E-state index contributed by atoms with van der Waals surface area (Å²) in [7, 11) is 0. The molecule has 0 spiro atoms. The Balaban J connectivity index is 1.64. The zero-order chi connectivity index (χ0) is 24.1. The van der Waals surface area contributed by atoms with E-state index in [1.165, 1.54) is 16.2 Å². The van der Waals surface area contributed by atoms with Gasteiger partial charge in [0.25, 0.3) is 11.5 Å². The number of aliphatic hydroxyl groups excluding tert-OH is 1. The second-order valence-corrected chi connectivity index (χ2v) is 9.30. The molecule has 8 nitrogen and oxygen atoms in total. The van der Waals surface area contributed by atoms with Crippen LogP contribution in [0, 0.1) is 6.92 Å². The summed E-state index contributed by atoms with van der Waals surface area (Å²) in [6.45, 7) is 3.24. The van der Waals surface area contributed by atoms with Gasteiger partial charge in [-0.2, -0.15) is 0 Å². The maximum atomic E-state index is 13.3. The van der Waals surface area contributed by atoms with E-state index < -0.39 is 0 Å². The molecule has 34 heavy (non-hydrogen) atoms. The predicted molar refractivity (Wildman–Crippen MR) is 138 cm³/mol. The van der Waals surface area contributed by atoms with Crippen molar-refractivity contribution in [3.8, 4) is 0 Å². The fourth-order valence-corrected chi connectivity index (χ4v) is 4.66. The molecule has 4 rings (SSSR count). The monoisotopic (exact) mass is 496 g/mol. The van der Waals surface area contributed by atoms with E-state index in [9.17, 15) is 9.59 Å². The van der Waals surface area contributed by atoms with E-state index in [4.69, 9.17) is 22.1 Å². The average molecular weight is 497 g/mol. The minimum absolute atomic E-state index is 0.0642. The minimum atomic E-state index is -0.298. The quantitative estimate of drug-likeness (QED) is 0.265. The fraction of sp³-hybridized carbons (Fsp3) is 0.250. The largest absolute Gasteiger partial charge is 0.394 e. The average Bonchev–Trinajstić information content (AvgIpc) is 3.10. The van der Waals surface area contributed by atoms with Crippen molar-refractivity contribution >= 4 is 51.7 Å². The highest BCUT2D eigenvalue weighted by atomic mass is 32.2. The summed E-state index contributed by atoms with van der Waals surface area (Å²) in [6, 6.07) is 13.2. The SMILES string of the molecule is Cc1ccc(CN2C(=O)/C(=C/c3c(NCCOCCO)nc4ccccn4c3=O)SC2=S)cc1. The van der Waals surface area contributed by atoms with Crippen molar-refractivity contribution in [2.24, 2.45) is 0 Å². The molecule has 176 valence electrons. The second-order valence-electron chi connectivity index (χ2n) is 7.62. The van der Waals surface area contributed by atoms with E-state index in [1.807, 2.05) is 31.2 Å². The van der Waals surface area contributed by atoms with Crippen LogP contribution in [0.15, 0.2) is 58.4 Å². The van der Waals surface area contributed by atoms with Gasteiger partial charge in [-0.1, -0.05) is 59.9 Å². The van der Waals surface area contributed by atoms with Gasteiger partial charge in [0.2, 0.25) is 0 Å². The van der Waals surface area contributed by atoms with Crippen LogP contribution in [-0.4, -0.2) is 56.0 Å². The van der Waals surface area contributed by atoms with Crippen molar-refractivity contribution in [1.29, 1.82) is 0 Å². The van der Waals surface area contributed by atoms with Gasteiger partial charge in [-0.15, -0.1) is 0 Å². The van der Waals surface area contributed by atoms with E-state index in [2.05, 4.69) is 10.3 Å². The summed E-state index contributed by atoms with van der Waals surface area (Å²) in [5, 5.41) is 12.0. The van der Waals surface area contributed by atoms with E-state index in [0.29, 0.717) is 40.4 Å². The van der Waals surface area contributed by atoms with Crippen molar-refractivity contribution in [2.75, 3.05) is 31.7 Å². The van der Waals surface area contributed by atoms with Gasteiger partial charge in [0, 0.05) is 12.7 Å². The van der Waals surface area contributed by atoms with Crippen LogP contribution in [0.1, 0.15) is 16.7 Å². The first-order chi connectivity index (χ1) is 16.5. The molecule has 2 N–H and O–H groups in total. The van der Waals surface area contributed by atoms with Crippen LogP contribution in [0.2, 0.25) is 0 Å². The number of amides is 1. The molecule has 1 fully saturated rings. The summed E-state index contributed by atoms with van der Waals surface area (Å²) >= 11 is 6.63. The maximum absolute atomic E-state index is 13.3. The number of aliphatic hydroxyl groups is 1. The number of carbonyl (C=O) groups excluding carboxylic acids is 1. The maximum Gasteiger partial charge on any atom is 0.267 e. The lowest BCUT2D eigenvalue weighted by Gasteiger charge is -2.14. The number of hydrogen-bond acceptors (Lipinski definition) is 8.